The van der Waals surface area contributed by atoms with Gasteiger partial charge in [-0.1, -0.05) is 12.2 Å². The highest BCUT2D eigenvalue weighted by Crippen LogP contribution is 2.36. The van der Waals surface area contributed by atoms with E-state index < -0.39 is 5.60 Å². The number of hydrogen-bond acceptors (Lipinski definition) is 3. The van der Waals surface area contributed by atoms with E-state index in [9.17, 15) is 4.79 Å². The number of amides is 1. The molecule has 2 N–H and O–H groups in total. The summed E-state index contributed by atoms with van der Waals surface area (Å²) in [5.41, 5.74) is 5.39. The average molecular weight is 252 g/mol. The molecule has 2 rings (SSSR count). The van der Waals surface area contributed by atoms with Crippen molar-refractivity contribution in [3.8, 4) is 0 Å². The largest absolute Gasteiger partial charge is 0.444 e. The molecular formula is C14H24N2O2. The van der Waals surface area contributed by atoms with Gasteiger partial charge in [0.1, 0.15) is 5.60 Å². The van der Waals surface area contributed by atoms with Crippen LogP contribution in [-0.2, 0) is 4.74 Å². The predicted molar refractivity (Wildman–Crippen MR) is 71.1 cm³/mol. The Kier molecular flexibility index (Phi) is 3.66. The van der Waals surface area contributed by atoms with Crippen LogP contribution in [0, 0.1) is 17.8 Å². The van der Waals surface area contributed by atoms with Crippen LogP contribution in [0.25, 0.3) is 0 Å². The van der Waals surface area contributed by atoms with Gasteiger partial charge < -0.3 is 15.4 Å². The number of carbonyl (C=O) groups excluding carboxylic acids is 1. The van der Waals surface area contributed by atoms with Gasteiger partial charge in [-0.3, -0.25) is 0 Å². The van der Waals surface area contributed by atoms with Crippen molar-refractivity contribution >= 4 is 6.09 Å². The summed E-state index contributed by atoms with van der Waals surface area (Å²) < 4.78 is 5.43. The van der Waals surface area contributed by atoms with Crippen molar-refractivity contribution in [3.05, 3.63) is 12.2 Å². The van der Waals surface area contributed by atoms with E-state index in [0.29, 0.717) is 24.3 Å². The lowest BCUT2D eigenvalue weighted by molar-refractivity contribution is 0.0282. The monoisotopic (exact) mass is 252 g/mol. The lowest BCUT2D eigenvalue weighted by Crippen LogP contribution is -2.36. The van der Waals surface area contributed by atoms with Gasteiger partial charge in [0.15, 0.2) is 0 Å². The molecule has 0 radical (unpaired) electrons. The minimum absolute atomic E-state index is 0.193. The molecule has 1 saturated heterocycles. The standard InChI is InChI=1S/C14H24N2O2/c1-14(2,3)18-13(17)16-8-11-6-4-5-10(7-15)12(11)9-16/h4,6,10-12H,5,7-9,15H2,1-3H3. The Bertz CT molecular complexity index is 346. The fourth-order valence-electron chi connectivity index (χ4n) is 2.91. The van der Waals surface area contributed by atoms with Crippen LogP contribution in [-0.4, -0.2) is 36.2 Å². The van der Waals surface area contributed by atoms with Gasteiger partial charge in [-0.15, -0.1) is 0 Å². The van der Waals surface area contributed by atoms with Crippen molar-refractivity contribution in [3.63, 3.8) is 0 Å². The Morgan fingerprint density at radius 1 is 1.44 bits per heavy atom. The molecular weight excluding hydrogens is 228 g/mol. The van der Waals surface area contributed by atoms with Gasteiger partial charge in [0.2, 0.25) is 0 Å². The van der Waals surface area contributed by atoms with E-state index in [1.165, 1.54) is 0 Å². The van der Waals surface area contributed by atoms with Gasteiger partial charge in [-0.05, 0) is 51.5 Å². The third-order valence-electron chi connectivity index (χ3n) is 3.79. The lowest BCUT2D eigenvalue weighted by atomic mass is 9.78. The summed E-state index contributed by atoms with van der Waals surface area (Å²) in [6.07, 6.45) is 5.29. The number of allylic oxidation sites excluding steroid dienone is 1. The molecule has 4 heteroatoms. The predicted octanol–water partition coefficient (Wildman–Crippen LogP) is 2.00. The first kappa shape index (κ1) is 13.4. The Labute approximate surface area is 109 Å². The van der Waals surface area contributed by atoms with E-state index in [0.717, 1.165) is 19.5 Å². The van der Waals surface area contributed by atoms with E-state index in [4.69, 9.17) is 10.5 Å². The molecule has 1 aliphatic carbocycles. The highest BCUT2D eigenvalue weighted by atomic mass is 16.6. The summed E-state index contributed by atoms with van der Waals surface area (Å²) in [5, 5.41) is 0. The van der Waals surface area contributed by atoms with Crippen LogP contribution in [0.5, 0.6) is 0 Å². The topological polar surface area (TPSA) is 55.6 Å². The van der Waals surface area contributed by atoms with Crippen molar-refractivity contribution in [1.82, 2.24) is 4.90 Å². The van der Waals surface area contributed by atoms with Gasteiger partial charge in [0.25, 0.3) is 0 Å². The van der Waals surface area contributed by atoms with Crippen molar-refractivity contribution in [2.45, 2.75) is 32.8 Å². The second-order valence-electron chi connectivity index (χ2n) is 6.37. The molecule has 1 aliphatic heterocycles. The van der Waals surface area contributed by atoms with Crippen LogP contribution in [0.15, 0.2) is 12.2 Å². The van der Waals surface area contributed by atoms with Crippen molar-refractivity contribution < 1.29 is 9.53 Å². The molecule has 0 aromatic carbocycles. The number of hydrogen-bond donors (Lipinski definition) is 1. The van der Waals surface area contributed by atoms with Crippen LogP contribution in [0.3, 0.4) is 0 Å². The molecule has 0 aromatic rings. The van der Waals surface area contributed by atoms with Gasteiger partial charge >= 0.3 is 6.09 Å². The number of nitrogens with two attached hydrogens (primary N) is 1. The molecule has 3 unspecified atom stereocenters. The molecule has 0 bridgehead atoms. The molecule has 0 spiro atoms. The maximum Gasteiger partial charge on any atom is 0.410 e. The molecule has 1 amide bonds. The van der Waals surface area contributed by atoms with E-state index in [2.05, 4.69) is 12.2 Å². The van der Waals surface area contributed by atoms with E-state index in [-0.39, 0.29) is 6.09 Å². The third kappa shape index (κ3) is 2.86. The summed E-state index contributed by atoms with van der Waals surface area (Å²) in [7, 11) is 0. The second kappa shape index (κ2) is 4.92. The second-order valence-corrected chi connectivity index (χ2v) is 6.37. The first-order valence-electron chi connectivity index (χ1n) is 6.75. The van der Waals surface area contributed by atoms with E-state index >= 15 is 0 Å². The van der Waals surface area contributed by atoms with Crippen LogP contribution < -0.4 is 5.73 Å². The smallest absolute Gasteiger partial charge is 0.410 e. The van der Waals surface area contributed by atoms with Crippen LogP contribution in [0.4, 0.5) is 4.79 Å². The average Bonchev–Trinajstić information content (AvgIpc) is 2.70. The molecule has 4 nitrogen and oxygen atoms in total. The number of nitrogens with zero attached hydrogens (tertiary/aromatic N) is 1. The van der Waals surface area contributed by atoms with Gasteiger partial charge in [0, 0.05) is 13.1 Å². The zero-order chi connectivity index (χ0) is 13.3. The first-order chi connectivity index (χ1) is 8.40. The number of likely N-dealkylation sites (tertiary alicyclic amines) is 1. The summed E-state index contributed by atoms with van der Waals surface area (Å²) in [6, 6.07) is 0. The van der Waals surface area contributed by atoms with E-state index in [1.807, 2.05) is 25.7 Å². The number of rotatable bonds is 1. The Hall–Kier alpha value is -1.03. The maximum atomic E-state index is 12.0. The van der Waals surface area contributed by atoms with Crippen LogP contribution >= 0.6 is 0 Å². The summed E-state index contributed by atoms with van der Waals surface area (Å²) in [6.45, 7) is 7.95. The third-order valence-corrected chi connectivity index (χ3v) is 3.79. The Balaban J connectivity index is 1.99. The quantitative estimate of drug-likeness (QED) is 0.726. The molecule has 1 fully saturated rings. The lowest BCUT2D eigenvalue weighted by Gasteiger charge is -2.27. The summed E-state index contributed by atoms with van der Waals surface area (Å²) in [4.78, 5) is 13.9. The molecule has 0 saturated carbocycles. The molecule has 1 heterocycles. The van der Waals surface area contributed by atoms with Crippen LogP contribution in [0.1, 0.15) is 27.2 Å². The molecule has 3 atom stereocenters. The zero-order valence-corrected chi connectivity index (χ0v) is 11.6. The minimum Gasteiger partial charge on any atom is -0.444 e. The normalized spacial score (nSPS) is 31.3. The number of carbonyl (C=O) groups is 1. The highest BCUT2D eigenvalue weighted by Gasteiger charge is 2.40. The summed E-state index contributed by atoms with van der Waals surface area (Å²) in [5.74, 6) is 1.47. The van der Waals surface area contributed by atoms with E-state index in [1.54, 1.807) is 0 Å². The maximum absolute atomic E-state index is 12.0. The van der Waals surface area contributed by atoms with Gasteiger partial charge in [0.05, 0.1) is 0 Å². The Morgan fingerprint density at radius 3 is 2.78 bits per heavy atom. The highest BCUT2D eigenvalue weighted by molar-refractivity contribution is 5.68. The summed E-state index contributed by atoms with van der Waals surface area (Å²) >= 11 is 0. The number of ether oxygens (including phenoxy) is 1. The fraction of sp³-hybridized carbons (Fsp3) is 0.786. The fourth-order valence-corrected chi connectivity index (χ4v) is 2.91. The first-order valence-corrected chi connectivity index (χ1v) is 6.75. The van der Waals surface area contributed by atoms with Crippen LogP contribution in [0.2, 0.25) is 0 Å². The minimum atomic E-state index is -0.423. The van der Waals surface area contributed by atoms with Crippen molar-refractivity contribution in [2.24, 2.45) is 23.5 Å². The van der Waals surface area contributed by atoms with Gasteiger partial charge in [-0.2, -0.15) is 0 Å². The SMILES string of the molecule is CC(C)(C)OC(=O)N1CC2C=CCC(CN)C2C1. The Morgan fingerprint density at radius 2 is 2.17 bits per heavy atom. The number of fused-ring (bicyclic) bond motifs is 1. The molecule has 2 aliphatic rings. The van der Waals surface area contributed by atoms with Gasteiger partial charge in [-0.25, -0.2) is 4.79 Å². The molecule has 18 heavy (non-hydrogen) atoms. The van der Waals surface area contributed by atoms with Crippen molar-refractivity contribution in [1.29, 1.82) is 0 Å². The molecule has 0 aromatic heterocycles. The molecule has 102 valence electrons. The van der Waals surface area contributed by atoms with Crippen molar-refractivity contribution in [2.75, 3.05) is 19.6 Å². The zero-order valence-electron chi connectivity index (χ0n) is 11.6.